The van der Waals surface area contributed by atoms with Crippen LogP contribution in [0, 0.1) is 13.8 Å². The van der Waals surface area contributed by atoms with Gasteiger partial charge in [0, 0.05) is 0 Å². The van der Waals surface area contributed by atoms with E-state index >= 15 is 0 Å². The summed E-state index contributed by atoms with van der Waals surface area (Å²) in [4.78, 5) is 12.7. The van der Waals surface area contributed by atoms with Gasteiger partial charge in [-0.25, -0.2) is 13.8 Å². The molecule has 0 fully saturated rings. The minimum atomic E-state index is -4.00. The lowest BCUT2D eigenvalue weighted by molar-refractivity contribution is -0.119. The first kappa shape index (κ1) is 23.8. The van der Waals surface area contributed by atoms with Gasteiger partial charge < -0.3 is 9.84 Å². The number of methoxy groups -OCH3 is 1. The number of amides is 1. The van der Waals surface area contributed by atoms with E-state index in [0.29, 0.717) is 11.3 Å². The number of hydrogen-bond acceptors (Lipinski definition) is 6. The molecule has 3 rings (SSSR count). The summed E-state index contributed by atoms with van der Waals surface area (Å²) in [6.07, 6.45) is 1.37. The molecule has 0 atom stereocenters. The minimum absolute atomic E-state index is 0.0195. The summed E-state index contributed by atoms with van der Waals surface area (Å²) in [6, 6.07) is 17.9. The maximum Gasteiger partial charge on any atom is 0.264 e. The number of carbonyl (C=O) groups excluding carboxylic acids is 1. The fourth-order valence-electron chi connectivity index (χ4n) is 3.25. The molecule has 8 nitrogen and oxygen atoms in total. The number of rotatable bonds is 8. The highest BCUT2D eigenvalue weighted by molar-refractivity contribution is 7.92. The molecular formula is C24H25N3O5S. The number of phenols is 1. The van der Waals surface area contributed by atoms with Gasteiger partial charge in [-0.3, -0.25) is 9.10 Å². The molecule has 0 aliphatic carbocycles. The van der Waals surface area contributed by atoms with Crippen molar-refractivity contribution >= 4 is 27.8 Å². The van der Waals surface area contributed by atoms with Crippen LogP contribution in [0.3, 0.4) is 0 Å². The van der Waals surface area contributed by atoms with Crippen molar-refractivity contribution in [3.8, 4) is 11.5 Å². The third-order valence-electron chi connectivity index (χ3n) is 4.72. The lowest BCUT2D eigenvalue weighted by Gasteiger charge is -2.24. The van der Waals surface area contributed by atoms with Crippen LogP contribution in [0.4, 0.5) is 5.69 Å². The Morgan fingerprint density at radius 1 is 1.06 bits per heavy atom. The van der Waals surface area contributed by atoms with Crippen LogP contribution in [-0.2, 0) is 14.8 Å². The van der Waals surface area contributed by atoms with Crippen molar-refractivity contribution in [3.05, 3.63) is 83.4 Å². The second kappa shape index (κ2) is 10.2. The van der Waals surface area contributed by atoms with E-state index in [-0.39, 0.29) is 16.4 Å². The summed E-state index contributed by atoms with van der Waals surface area (Å²) in [7, 11) is -2.57. The van der Waals surface area contributed by atoms with Crippen molar-refractivity contribution < 1.29 is 23.1 Å². The van der Waals surface area contributed by atoms with Crippen molar-refractivity contribution in [1.82, 2.24) is 5.43 Å². The molecule has 9 heteroatoms. The molecule has 0 saturated carbocycles. The molecule has 0 aromatic heterocycles. The predicted molar refractivity (Wildman–Crippen MR) is 127 cm³/mol. The Morgan fingerprint density at radius 3 is 2.36 bits per heavy atom. The number of benzene rings is 3. The van der Waals surface area contributed by atoms with Crippen LogP contribution in [-0.4, -0.2) is 39.3 Å². The number of carbonyl (C=O) groups is 1. The summed E-state index contributed by atoms with van der Waals surface area (Å²) in [5.74, 6) is -0.371. The zero-order valence-corrected chi connectivity index (χ0v) is 19.3. The molecule has 1 amide bonds. The number of aryl methyl sites for hydroxylation is 2. The van der Waals surface area contributed by atoms with E-state index in [4.69, 9.17) is 4.74 Å². The van der Waals surface area contributed by atoms with Gasteiger partial charge in [-0.05, 0) is 73.0 Å². The van der Waals surface area contributed by atoms with Gasteiger partial charge in [0.1, 0.15) is 6.54 Å². The third-order valence-corrected chi connectivity index (χ3v) is 6.51. The van der Waals surface area contributed by atoms with Crippen LogP contribution in [0.25, 0.3) is 0 Å². The van der Waals surface area contributed by atoms with Crippen molar-refractivity contribution in [2.45, 2.75) is 18.7 Å². The van der Waals surface area contributed by atoms with Crippen molar-refractivity contribution in [2.75, 3.05) is 18.0 Å². The molecule has 0 spiro atoms. The Balaban J connectivity index is 1.85. The van der Waals surface area contributed by atoms with Gasteiger partial charge >= 0.3 is 0 Å². The Morgan fingerprint density at radius 2 is 1.73 bits per heavy atom. The molecule has 2 N–H and O–H groups in total. The second-order valence-corrected chi connectivity index (χ2v) is 9.26. The van der Waals surface area contributed by atoms with E-state index in [1.54, 1.807) is 42.5 Å². The smallest absolute Gasteiger partial charge is 0.264 e. The Labute approximate surface area is 193 Å². The first-order valence-corrected chi connectivity index (χ1v) is 11.5. The zero-order valence-electron chi connectivity index (χ0n) is 18.5. The monoisotopic (exact) mass is 467 g/mol. The molecule has 0 saturated heterocycles. The minimum Gasteiger partial charge on any atom is -0.504 e. The van der Waals surface area contributed by atoms with Gasteiger partial charge in [-0.15, -0.1) is 0 Å². The molecule has 172 valence electrons. The first-order valence-electron chi connectivity index (χ1n) is 10.1. The number of nitrogens with zero attached hydrogens (tertiary/aromatic N) is 2. The van der Waals surface area contributed by atoms with Gasteiger partial charge in [-0.2, -0.15) is 5.10 Å². The topological polar surface area (TPSA) is 108 Å². The molecule has 0 bridgehead atoms. The lowest BCUT2D eigenvalue weighted by Crippen LogP contribution is -2.39. The zero-order chi connectivity index (χ0) is 24.0. The van der Waals surface area contributed by atoms with E-state index in [1.807, 2.05) is 19.9 Å². The maximum atomic E-state index is 13.4. The Kier molecular flexibility index (Phi) is 7.34. The summed E-state index contributed by atoms with van der Waals surface area (Å²) < 4.78 is 32.8. The maximum absolute atomic E-state index is 13.4. The number of phenolic OH excluding ortho intramolecular Hbond substituents is 1. The van der Waals surface area contributed by atoms with Gasteiger partial charge in [0.05, 0.1) is 23.9 Å². The van der Waals surface area contributed by atoms with Crippen LogP contribution in [0.5, 0.6) is 11.5 Å². The molecular weight excluding hydrogens is 442 g/mol. The van der Waals surface area contributed by atoms with E-state index in [1.165, 1.54) is 31.5 Å². The van der Waals surface area contributed by atoms with E-state index in [9.17, 15) is 18.3 Å². The van der Waals surface area contributed by atoms with Crippen molar-refractivity contribution in [2.24, 2.45) is 5.10 Å². The van der Waals surface area contributed by atoms with E-state index in [0.717, 1.165) is 15.4 Å². The summed E-state index contributed by atoms with van der Waals surface area (Å²) >= 11 is 0. The molecule has 3 aromatic carbocycles. The average molecular weight is 468 g/mol. The number of hydrogen-bond donors (Lipinski definition) is 2. The van der Waals surface area contributed by atoms with Crippen LogP contribution in [0.15, 0.2) is 76.7 Å². The number of hydrazone groups is 1. The van der Waals surface area contributed by atoms with Crippen LogP contribution in [0.2, 0.25) is 0 Å². The summed E-state index contributed by atoms with van der Waals surface area (Å²) in [5, 5.41) is 13.6. The molecule has 0 aliphatic rings. The van der Waals surface area contributed by atoms with Crippen molar-refractivity contribution in [3.63, 3.8) is 0 Å². The standard InChI is InChI=1S/C24H25N3O5S/c1-17-11-18(2)13-20(12-17)27(33(30,31)21-7-5-4-6-8-21)16-24(29)26-25-15-19-9-10-22(28)23(14-19)32-3/h4-15,28H,16H2,1-3H3,(H,26,29)/b25-15-. The summed E-state index contributed by atoms with van der Waals surface area (Å²) in [5.41, 5.74) is 5.07. The quantitative estimate of drug-likeness (QED) is 0.390. The number of aromatic hydroxyl groups is 1. The Bertz CT molecular complexity index is 1250. The first-order chi connectivity index (χ1) is 15.7. The molecule has 3 aromatic rings. The molecule has 0 radical (unpaired) electrons. The second-order valence-electron chi connectivity index (χ2n) is 7.40. The number of sulfonamides is 1. The average Bonchev–Trinajstić information content (AvgIpc) is 2.78. The van der Waals surface area contributed by atoms with Gasteiger partial charge in [0.15, 0.2) is 11.5 Å². The largest absolute Gasteiger partial charge is 0.504 e. The highest BCUT2D eigenvalue weighted by atomic mass is 32.2. The van der Waals surface area contributed by atoms with E-state index < -0.39 is 22.5 Å². The lowest BCUT2D eigenvalue weighted by atomic mass is 10.1. The fraction of sp³-hybridized carbons (Fsp3) is 0.167. The predicted octanol–water partition coefficient (Wildman–Crippen LogP) is 3.36. The highest BCUT2D eigenvalue weighted by Gasteiger charge is 2.27. The fourth-order valence-corrected chi connectivity index (χ4v) is 4.67. The van der Waals surface area contributed by atoms with Crippen LogP contribution >= 0.6 is 0 Å². The van der Waals surface area contributed by atoms with Crippen LogP contribution < -0.4 is 14.5 Å². The highest BCUT2D eigenvalue weighted by Crippen LogP contribution is 2.26. The van der Waals surface area contributed by atoms with Crippen molar-refractivity contribution in [1.29, 1.82) is 0 Å². The Hall–Kier alpha value is -3.85. The van der Waals surface area contributed by atoms with Gasteiger partial charge in [0.25, 0.3) is 15.9 Å². The number of ether oxygens (including phenoxy) is 1. The van der Waals surface area contributed by atoms with Crippen LogP contribution in [0.1, 0.15) is 16.7 Å². The van der Waals surface area contributed by atoms with E-state index in [2.05, 4.69) is 10.5 Å². The third kappa shape index (κ3) is 5.89. The molecule has 0 heterocycles. The normalized spacial score (nSPS) is 11.4. The SMILES string of the molecule is COc1cc(/C=N\NC(=O)CN(c2cc(C)cc(C)c2)S(=O)(=O)c2ccccc2)ccc1O. The molecule has 0 aliphatic heterocycles. The number of nitrogens with one attached hydrogen (secondary N) is 1. The van der Waals surface area contributed by atoms with Gasteiger partial charge in [-0.1, -0.05) is 24.3 Å². The van der Waals surface area contributed by atoms with Gasteiger partial charge in [0.2, 0.25) is 0 Å². The molecule has 0 unspecified atom stereocenters. The summed E-state index contributed by atoms with van der Waals surface area (Å²) in [6.45, 7) is 3.26. The number of anilines is 1. The molecule has 33 heavy (non-hydrogen) atoms.